The van der Waals surface area contributed by atoms with Crippen LogP contribution in [0.3, 0.4) is 0 Å². The summed E-state index contributed by atoms with van der Waals surface area (Å²) in [5.41, 5.74) is 1.16. The van der Waals surface area contributed by atoms with E-state index in [4.69, 9.17) is 0 Å². The number of likely N-dealkylation sites (N-methyl/N-ethyl adjacent to an activating group) is 1. The van der Waals surface area contributed by atoms with E-state index in [1.165, 1.54) is 0 Å². The van der Waals surface area contributed by atoms with Crippen LogP contribution < -0.4 is 5.32 Å². The van der Waals surface area contributed by atoms with Crippen LogP contribution in [0.2, 0.25) is 0 Å². The normalized spacial score (nSPS) is 20.7. The first kappa shape index (κ1) is 21.5. The zero-order valence-corrected chi connectivity index (χ0v) is 18.5. The van der Waals surface area contributed by atoms with Crippen molar-refractivity contribution in [1.29, 1.82) is 0 Å². The standard InChI is InChI=1S/C23H32N6O2/c1-27(2)15-12-24-22(31)21-26-25-19-8-9-23(11-14-29(19)21)10-13-28(17-23)20(30)16-18-6-4-3-5-7-18/h3-7H,8-17H2,1-2H3,(H,24,31). The van der Waals surface area contributed by atoms with E-state index in [0.29, 0.717) is 18.8 Å². The molecule has 1 aromatic carbocycles. The number of hydrogen-bond acceptors (Lipinski definition) is 5. The molecule has 8 nitrogen and oxygen atoms in total. The van der Waals surface area contributed by atoms with Crippen LogP contribution >= 0.6 is 0 Å². The Balaban J connectivity index is 1.37. The number of rotatable bonds is 6. The Morgan fingerprint density at radius 1 is 1.10 bits per heavy atom. The van der Waals surface area contributed by atoms with Crippen LogP contribution in [-0.4, -0.2) is 76.7 Å². The lowest BCUT2D eigenvalue weighted by Crippen LogP contribution is -2.34. The summed E-state index contributed by atoms with van der Waals surface area (Å²) in [6, 6.07) is 9.94. The molecule has 1 N–H and O–H groups in total. The van der Waals surface area contributed by atoms with Gasteiger partial charge in [-0.2, -0.15) is 0 Å². The number of nitrogens with one attached hydrogen (secondary N) is 1. The van der Waals surface area contributed by atoms with Crippen molar-refractivity contribution in [2.24, 2.45) is 5.41 Å². The minimum Gasteiger partial charge on any atom is -0.348 e. The number of amides is 2. The number of hydrogen-bond donors (Lipinski definition) is 1. The zero-order valence-electron chi connectivity index (χ0n) is 18.5. The number of likely N-dealkylation sites (tertiary alicyclic amines) is 1. The number of aromatic nitrogens is 3. The molecule has 166 valence electrons. The Kier molecular flexibility index (Phi) is 6.36. The van der Waals surface area contributed by atoms with Gasteiger partial charge in [-0.1, -0.05) is 30.3 Å². The van der Waals surface area contributed by atoms with Gasteiger partial charge in [-0.3, -0.25) is 9.59 Å². The van der Waals surface area contributed by atoms with E-state index in [1.54, 1.807) is 0 Å². The van der Waals surface area contributed by atoms with Gasteiger partial charge in [0.15, 0.2) is 0 Å². The second kappa shape index (κ2) is 9.18. The molecule has 3 heterocycles. The first-order chi connectivity index (χ1) is 15.0. The fourth-order valence-electron chi connectivity index (χ4n) is 4.68. The van der Waals surface area contributed by atoms with Crippen molar-refractivity contribution >= 4 is 11.8 Å². The monoisotopic (exact) mass is 424 g/mol. The molecule has 2 amide bonds. The number of nitrogens with zero attached hydrogens (tertiary/aromatic N) is 5. The van der Waals surface area contributed by atoms with Crippen molar-refractivity contribution in [1.82, 2.24) is 29.9 Å². The summed E-state index contributed by atoms with van der Waals surface area (Å²) in [5, 5.41) is 11.4. The highest BCUT2D eigenvalue weighted by Gasteiger charge is 2.41. The molecule has 0 aliphatic carbocycles. The number of carbonyl (C=O) groups is 2. The maximum absolute atomic E-state index is 12.8. The van der Waals surface area contributed by atoms with E-state index in [9.17, 15) is 9.59 Å². The molecule has 2 aliphatic rings. The van der Waals surface area contributed by atoms with Gasteiger partial charge in [-0.25, -0.2) is 0 Å². The van der Waals surface area contributed by atoms with Crippen molar-refractivity contribution in [3.63, 3.8) is 0 Å². The third-order valence-corrected chi connectivity index (χ3v) is 6.61. The molecule has 1 fully saturated rings. The summed E-state index contributed by atoms with van der Waals surface area (Å²) in [4.78, 5) is 29.5. The smallest absolute Gasteiger partial charge is 0.289 e. The van der Waals surface area contributed by atoms with Crippen LogP contribution in [0.5, 0.6) is 0 Å². The van der Waals surface area contributed by atoms with Gasteiger partial charge in [-0.05, 0) is 44.3 Å². The van der Waals surface area contributed by atoms with Crippen LogP contribution in [0, 0.1) is 5.41 Å². The molecular formula is C23H32N6O2. The van der Waals surface area contributed by atoms with Crippen LogP contribution in [0.4, 0.5) is 0 Å². The van der Waals surface area contributed by atoms with Gasteiger partial charge in [0, 0.05) is 39.1 Å². The van der Waals surface area contributed by atoms with E-state index in [2.05, 4.69) is 15.5 Å². The maximum Gasteiger partial charge on any atom is 0.289 e. The number of carbonyl (C=O) groups excluding carboxylic acids is 2. The van der Waals surface area contributed by atoms with Crippen LogP contribution in [0.1, 0.15) is 41.3 Å². The van der Waals surface area contributed by atoms with Gasteiger partial charge < -0.3 is 19.7 Å². The molecule has 1 spiro atoms. The van der Waals surface area contributed by atoms with Gasteiger partial charge in [-0.15, -0.1) is 10.2 Å². The van der Waals surface area contributed by atoms with Gasteiger partial charge >= 0.3 is 0 Å². The van der Waals surface area contributed by atoms with E-state index < -0.39 is 0 Å². The van der Waals surface area contributed by atoms with Crippen LogP contribution in [0.25, 0.3) is 0 Å². The van der Waals surface area contributed by atoms with E-state index in [0.717, 1.165) is 63.3 Å². The third kappa shape index (κ3) is 4.95. The molecule has 0 bridgehead atoms. The molecule has 31 heavy (non-hydrogen) atoms. The maximum atomic E-state index is 12.8. The molecule has 1 atom stereocenters. The van der Waals surface area contributed by atoms with Crippen LogP contribution in [-0.2, 0) is 24.2 Å². The van der Waals surface area contributed by atoms with E-state index in [1.807, 2.05) is 58.8 Å². The molecule has 0 radical (unpaired) electrons. The number of fused-ring (bicyclic) bond motifs is 1. The minimum absolute atomic E-state index is 0.103. The summed E-state index contributed by atoms with van der Waals surface area (Å²) < 4.78 is 1.98. The molecule has 2 aromatic rings. The van der Waals surface area contributed by atoms with Crippen molar-refractivity contribution < 1.29 is 9.59 Å². The quantitative estimate of drug-likeness (QED) is 0.757. The molecule has 8 heteroatoms. The van der Waals surface area contributed by atoms with E-state index >= 15 is 0 Å². The first-order valence-electron chi connectivity index (χ1n) is 11.1. The Hall–Kier alpha value is -2.74. The average molecular weight is 425 g/mol. The highest BCUT2D eigenvalue weighted by Crippen LogP contribution is 2.41. The molecule has 4 rings (SSSR count). The highest BCUT2D eigenvalue weighted by molar-refractivity contribution is 5.90. The Bertz CT molecular complexity index is 925. The molecule has 1 aromatic heterocycles. The minimum atomic E-state index is -0.164. The summed E-state index contributed by atoms with van der Waals surface area (Å²) in [6.45, 7) is 3.68. The van der Waals surface area contributed by atoms with Crippen molar-refractivity contribution in [2.45, 2.75) is 38.6 Å². The molecule has 0 saturated carbocycles. The first-order valence-corrected chi connectivity index (χ1v) is 11.1. The lowest BCUT2D eigenvalue weighted by molar-refractivity contribution is -0.129. The third-order valence-electron chi connectivity index (χ3n) is 6.61. The summed E-state index contributed by atoms with van der Waals surface area (Å²) >= 11 is 0. The summed E-state index contributed by atoms with van der Waals surface area (Å²) in [7, 11) is 3.95. The molecule has 1 saturated heterocycles. The number of aryl methyl sites for hydroxylation is 1. The SMILES string of the molecule is CN(C)CCNC(=O)c1nnc2n1CCC1(CC2)CCN(C(=O)Cc2ccccc2)C1. The molecule has 1 unspecified atom stereocenters. The second-order valence-corrected chi connectivity index (χ2v) is 9.13. The lowest BCUT2D eigenvalue weighted by Gasteiger charge is -2.27. The largest absolute Gasteiger partial charge is 0.348 e. The molecule has 2 aliphatic heterocycles. The topological polar surface area (TPSA) is 83.4 Å². The van der Waals surface area contributed by atoms with Gasteiger partial charge in [0.2, 0.25) is 11.7 Å². The zero-order chi connectivity index (χ0) is 21.8. The van der Waals surface area contributed by atoms with E-state index in [-0.39, 0.29) is 17.2 Å². The summed E-state index contributed by atoms with van der Waals surface area (Å²) in [5.74, 6) is 1.32. The predicted octanol–water partition coefficient (Wildman–Crippen LogP) is 1.37. The van der Waals surface area contributed by atoms with Gasteiger partial charge in [0.25, 0.3) is 5.91 Å². The van der Waals surface area contributed by atoms with Crippen molar-refractivity contribution in [2.75, 3.05) is 40.3 Å². The second-order valence-electron chi connectivity index (χ2n) is 9.13. The Morgan fingerprint density at radius 2 is 1.87 bits per heavy atom. The summed E-state index contributed by atoms with van der Waals surface area (Å²) in [6.07, 6.45) is 4.17. The molecular weight excluding hydrogens is 392 g/mol. The van der Waals surface area contributed by atoms with Crippen molar-refractivity contribution in [3.05, 3.63) is 47.5 Å². The number of benzene rings is 1. The van der Waals surface area contributed by atoms with Crippen molar-refractivity contribution in [3.8, 4) is 0 Å². The van der Waals surface area contributed by atoms with Gasteiger partial charge in [0.1, 0.15) is 5.82 Å². The fraction of sp³-hybridized carbons (Fsp3) is 0.565. The predicted molar refractivity (Wildman–Crippen MR) is 118 cm³/mol. The lowest BCUT2D eigenvalue weighted by atomic mass is 9.80. The average Bonchev–Trinajstić information content (AvgIpc) is 3.31. The van der Waals surface area contributed by atoms with Crippen LogP contribution in [0.15, 0.2) is 30.3 Å². The Morgan fingerprint density at radius 3 is 2.65 bits per heavy atom. The van der Waals surface area contributed by atoms with Gasteiger partial charge in [0.05, 0.1) is 6.42 Å². The highest BCUT2D eigenvalue weighted by atomic mass is 16.2. The Labute approximate surface area is 183 Å². The fourth-order valence-corrected chi connectivity index (χ4v) is 4.68.